The van der Waals surface area contributed by atoms with Gasteiger partial charge in [-0.3, -0.25) is 0 Å². The second-order valence-electron chi connectivity index (χ2n) is 3.21. The van der Waals surface area contributed by atoms with Crippen molar-refractivity contribution in [3.8, 4) is 0 Å². The highest BCUT2D eigenvalue weighted by Gasteiger charge is 2.41. The van der Waals surface area contributed by atoms with Gasteiger partial charge in [0.15, 0.2) is 0 Å². The minimum atomic E-state index is -1.79. The van der Waals surface area contributed by atoms with Crippen LogP contribution >= 0.6 is 8.25 Å². The molecule has 0 amide bonds. The SMILES string of the molecule is O=[P+]1OCC2CCCCC2O1. The van der Waals surface area contributed by atoms with Gasteiger partial charge in [0.1, 0.15) is 12.7 Å². The van der Waals surface area contributed by atoms with Crippen LogP contribution in [0.15, 0.2) is 0 Å². The normalized spacial score (nSPS) is 41.6. The van der Waals surface area contributed by atoms with Crippen molar-refractivity contribution in [2.45, 2.75) is 31.8 Å². The fourth-order valence-corrected chi connectivity index (χ4v) is 2.67. The van der Waals surface area contributed by atoms with Gasteiger partial charge in [0, 0.05) is 10.5 Å². The predicted molar refractivity (Wildman–Crippen MR) is 40.4 cm³/mol. The van der Waals surface area contributed by atoms with Gasteiger partial charge in [-0.2, -0.15) is 0 Å². The van der Waals surface area contributed by atoms with Crippen LogP contribution in [0.4, 0.5) is 0 Å². The first-order valence-corrected chi connectivity index (χ1v) is 5.23. The summed E-state index contributed by atoms with van der Waals surface area (Å²) in [6.07, 6.45) is 4.94. The molecule has 2 rings (SSSR count). The summed E-state index contributed by atoms with van der Waals surface area (Å²) >= 11 is 0. The monoisotopic (exact) mass is 175 g/mol. The van der Waals surface area contributed by atoms with E-state index in [-0.39, 0.29) is 6.10 Å². The molecule has 0 N–H and O–H groups in total. The predicted octanol–water partition coefficient (Wildman–Crippen LogP) is 2.25. The molecule has 0 aromatic carbocycles. The summed E-state index contributed by atoms with van der Waals surface area (Å²) in [4.78, 5) is 0. The lowest BCUT2D eigenvalue weighted by Crippen LogP contribution is -2.32. The van der Waals surface area contributed by atoms with Crippen LogP contribution in [0.2, 0.25) is 0 Å². The summed E-state index contributed by atoms with van der Waals surface area (Å²) < 4.78 is 20.9. The third kappa shape index (κ3) is 1.61. The molecule has 0 radical (unpaired) electrons. The molecule has 2 aliphatic rings. The highest BCUT2D eigenvalue weighted by atomic mass is 31.1. The Hall–Kier alpha value is 0.0200. The molecule has 1 saturated heterocycles. The van der Waals surface area contributed by atoms with E-state index in [0.29, 0.717) is 12.5 Å². The van der Waals surface area contributed by atoms with E-state index >= 15 is 0 Å². The minimum absolute atomic E-state index is 0.223. The number of fused-ring (bicyclic) bond motifs is 1. The van der Waals surface area contributed by atoms with Crippen LogP contribution in [0.1, 0.15) is 25.7 Å². The van der Waals surface area contributed by atoms with E-state index < -0.39 is 8.25 Å². The van der Waals surface area contributed by atoms with Crippen LogP contribution in [-0.4, -0.2) is 12.7 Å². The Kier molecular flexibility index (Phi) is 2.21. The van der Waals surface area contributed by atoms with E-state index in [1.807, 2.05) is 0 Å². The number of hydrogen-bond donors (Lipinski definition) is 0. The molecular formula is C7H12O3P+. The average molecular weight is 175 g/mol. The molecule has 1 heterocycles. The van der Waals surface area contributed by atoms with Gasteiger partial charge in [0.25, 0.3) is 0 Å². The molecular weight excluding hydrogens is 163 g/mol. The lowest BCUT2D eigenvalue weighted by Gasteiger charge is -2.27. The number of rotatable bonds is 0. The molecule has 4 heteroatoms. The third-order valence-electron chi connectivity index (χ3n) is 2.45. The van der Waals surface area contributed by atoms with E-state index in [9.17, 15) is 4.57 Å². The van der Waals surface area contributed by atoms with Crippen LogP contribution in [0.3, 0.4) is 0 Å². The lowest BCUT2D eigenvalue weighted by atomic mass is 9.87. The molecule has 1 aliphatic heterocycles. The van der Waals surface area contributed by atoms with Gasteiger partial charge in [-0.1, -0.05) is 12.8 Å². The first-order valence-electron chi connectivity index (χ1n) is 4.13. The molecule has 3 unspecified atom stereocenters. The lowest BCUT2D eigenvalue weighted by molar-refractivity contribution is 0.0129. The smallest absolute Gasteiger partial charge is 0.119 e. The fraction of sp³-hybridized carbons (Fsp3) is 1.00. The first kappa shape index (κ1) is 7.66. The van der Waals surface area contributed by atoms with Crippen LogP contribution in [-0.2, 0) is 13.6 Å². The first-order chi connectivity index (χ1) is 5.36. The Morgan fingerprint density at radius 1 is 1.27 bits per heavy atom. The molecule has 0 spiro atoms. The summed E-state index contributed by atoms with van der Waals surface area (Å²) in [5.41, 5.74) is 0. The molecule has 3 atom stereocenters. The molecule has 0 bridgehead atoms. The standard InChI is InChI=1S/C7H12O3P/c8-11-9-5-6-3-1-2-4-7(6)10-11/h6-7H,1-5H2/q+1. The Labute approximate surface area is 67.0 Å². The summed E-state index contributed by atoms with van der Waals surface area (Å²) in [5, 5.41) is 0. The molecule has 0 aromatic rings. The largest absolute Gasteiger partial charge is 0.697 e. The summed E-state index contributed by atoms with van der Waals surface area (Å²) in [6, 6.07) is 0. The van der Waals surface area contributed by atoms with Crippen molar-refractivity contribution in [2.75, 3.05) is 6.61 Å². The summed E-state index contributed by atoms with van der Waals surface area (Å²) in [6.45, 7) is 0.639. The van der Waals surface area contributed by atoms with E-state index in [2.05, 4.69) is 0 Å². The maximum absolute atomic E-state index is 10.8. The molecule has 1 saturated carbocycles. The van der Waals surface area contributed by atoms with Gasteiger partial charge in [-0.25, -0.2) is 0 Å². The van der Waals surface area contributed by atoms with Gasteiger partial charge in [-0.15, -0.1) is 9.05 Å². The Morgan fingerprint density at radius 2 is 2.09 bits per heavy atom. The molecule has 2 fully saturated rings. The average Bonchev–Trinajstić information content (AvgIpc) is 2.04. The zero-order valence-corrected chi connectivity index (χ0v) is 7.26. The third-order valence-corrected chi connectivity index (χ3v) is 3.26. The van der Waals surface area contributed by atoms with E-state index in [1.54, 1.807) is 0 Å². The van der Waals surface area contributed by atoms with Gasteiger partial charge in [0.05, 0.1) is 0 Å². The van der Waals surface area contributed by atoms with Gasteiger partial charge >= 0.3 is 8.25 Å². The van der Waals surface area contributed by atoms with Crippen LogP contribution in [0, 0.1) is 5.92 Å². The summed E-state index contributed by atoms with van der Waals surface area (Å²) in [7, 11) is -1.79. The van der Waals surface area contributed by atoms with Crippen molar-refractivity contribution in [1.82, 2.24) is 0 Å². The van der Waals surface area contributed by atoms with E-state index in [4.69, 9.17) is 9.05 Å². The molecule has 1 aliphatic carbocycles. The van der Waals surface area contributed by atoms with Crippen LogP contribution in [0.5, 0.6) is 0 Å². The van der Waals surface area contributed by atoms with Crippen molar-refractivity contribution in [2.24, 2.45) is 5.92 Å². The van der Waals surface area contributed by atoms with Crippen molar-refractivity contribution in [3.63, 3.8) is 0 Å². The highest BCUT2D eigenvalue weighted by Crippen LogP contribution is 2.41. The number of hydrogen-bond acceptors (Lipinski definition) is 3. The summed E-state index contributed by atoms with van der Waals surface area (Å²) in [5.74, 6) is 0.511. The topological polar surface area (TPSA) is 35.5 Å². The van der Waals surface area contributed by atoms with Crippen LogP contribution in [0.25, 0.3) is 0 Å². The van der Waals surface area contributed by atoms with Crippen molar-refractivity contribution >= 4 is 8.25 Å². The molecule has 0 aromatic heterocycles. The second kappa shape index (κ2) is 3.18. The zero-order chi connectivity index (χ0) is 7.68. The Morgan fingerprint density at radius 3 is 3.00 bits per heavy atom. The van der Waals surface area contributed by atoms with E-state index in [1.165, 1.54) is 19.3 Å². The molecule has 62 valence electrons. The Bertz CT molecular complexity index is 171. The van der Waals surface area contributed by atoms with Gasteiger partial charge < -0.3 is 0 Å². The molecule has 3 nitrogen and oxygen atoms in total. The van der Waals surface area contributed by atoms with Crippen molar-refractivity contribution < 1.29 is 13.6 Å². The minimum Gasteiger partial charge on any atom is -0.119 e. The maximum atomic E-state index is 10.8. The quantitative estimate of drug-likeness (QED) is 0.529. The van der Waals surface area contributed by atoms with Crippen molar-refractivity contribution in [1.29, 1.82) is 0 Å². The maximum Gasteiger partial charge on any atom is 0.697 e. The molecule has 11 heavy (non-hydrogen) atoms. The van der Waals surface area contributed by atoms with Gasteiger partial charge in [0.2, 0.25) is 0 Å². The fourth-order valence-electron chi connectivity index (χ4n) is 1.80. The Balaban J connectivity index is 1.98. The highest BCUT2D eigenvalue weighted by molar-refractivity contribution is 7.33. The van der Waals surface area contributed by atoms with Gasteiger partial charge in [-0.05, 0) is 12.8 Å². The van der Waals surface area contributed by atoms with E-state index in [0.717, 1.165) is 6.42 Å². The second-order valence-corrected chi connectivity index (χ2v) is 4.12. The van der Waals surface area contributed by atoms with Crippen molar-refractivity contribution in [3.05, 3.63) is 0 Å². The van der Waals surface area contributed by atoms with Crippen LogP contribution < -0.4 is 0 Å². The zero-order valence-electron chi connectivity index (χ0n) is 6.36.